The number of hydrogen-bond acceptors (Lipinski definition) is 6. The average Bonchev–Trinajstić information content (AvgIpc) is 3.09. The van der Waals surface area contributed by atoms with Crippen LogP contribution >= 0.6 is 0 Å². The number of nitriles is 1. The number of rotatable bonds is 6. The minimum absolute atomic E-state index is 0.0559. The summed E-state index contributed by atoms with van der Waals surface area (Å²) in [4.78, 5) is 19.4. The first-order valence-electron chi connectivity index (χ1n) is 10.9. The lowest BCUT2D eigenvalue weighted by atomic mass is 9.81. The molecule has 0 bridgehead atoms. The van der Waals surface area contributed by atoms with Gasteiger partial charge in [0.05, 0.1) is 11.6 Å². The van der Waals surface area contributed by atoms with Crippen molar-refractivity contribution in [2.75, 3.05) is 7.05 Å². The fraction of sp³-hybridized carbons (Fsp3) is 0.192. The van der Waals surface area contributed by atoms with Gasteiger partial charge >= 0.3 is 0 Å². The molecule has 3 aromatic rings. The molecular weight excluding hydrogens is 464 g/mol. The molecule has 9 heteroatoms. The van der Waals surface area contributed by atoms with Crippen molar-refractivity contribution in [2.24, 2.45) is 10.7 Å². The van der Waals surface area contributed by atoms with Gasteiger partial charge in [0, 0.05) is 7.05 Å². The molecule has 0 radical (unpaired) electrons. The summed E-state index contributed by atoms with van der Waals surface area (Å²) in [5.74, 6) is -0.298. The summed E-state index contributed by atoms with van der Waals surface area (Å²) < 4.78 is 33.1. The Morgan fingerprint density at radius 2 is 1.69 bits per heavy atom. The van der Waals surface area contributed by atoms with Gasteiger partial charge in [-0.3, -0.25) is 14.2 Å². The van der Waals surface area contributed by atoms with Crippen molar-refractivity contribution in [2.45, 2.75) is 24.1 Å². The van der Waals surface area contributed by atoms with Crippen molar-refractivity contribution in [1.82, 2.24) is 4.90 Å². The predicted octanol–water partition coefficient (Wildman–Crippen LogP) is 3.59. The van der Waals surface area contributed by atoms with Crippen molar-refractivity contribution in [3.05, 3.63) is 95.1 Å². The average molecular weight is 489 g/mol. The van der Waals surface area contributed by atoms with E-state index < -0.39 is 20.9 Å². The molecule has 3 N–H and O–H groups in total. The lowest BCUT2D eigenvalue weighted by Gasteiger charge is -2.27. The first-order valence-corrected chi connectivity index (χ1v) is 12.4. The highest BCUT2D eigenvalue weighted by Crippen LogP contribution is 2.41. The van der Waals surface area contributed by atoms with Gasteiger partial charge < -0.3 is 5.73 Å². The first-order chi connectivity index (χ1) is 16.6. The maximum Gasteiger partial charge on any atom is 0.271 e. The van der Waals surface area contributed by atoms with Crippen LogP contribution in [0.5, 0.6) is 0 Å². The second-order valence-electron chi connectivity index (χ2n) is 8.35. The van der Waals surface area contributed by atoms with E-state index in [2.05, 4.69) is 11.1 Å². The Bertz CT molecular complexity index is 1480. The Morgan fingerprint density at radius 1 is 1.06 bits per heavy atom. The topological polar surface area (TPSA) is 137 Å². The van der Waals surface area contributed by atoms with Gasteiger partial charge in [0.15, 0.2) is 11.5 Å². The van der Waals surface area contributed by atoms with Crippen LogP contribution in [0.4, 0.5) is 0 Å². The van der Waals surface area contributed by atoms with Crippen molar-refractivity contribution in [1.29, 1.82) is 5.26 Å². The third kappa shape index (κ3) is 4.18. The Kier molecular flexibility index (Phi) is 6.19. The largest absolute Gasteiger partial charge is 0.369 e. The standard InChI is InChI=1S/C26H24N4O4S/c1-3-23(35(32,33)34)18-10-12-21(13-11-18)26(24(31)30(2)25(28)29-26)22-9-5-8-20(15-22)19-7-4-6-17(14-19)16-27/h4-15,23H,3H2,1-2H3,(H2,28,29)(H,32,33,34). The number of nitrogens with zero attached hydrogens (tertiary/aromatic N) is 3. The van der Waals surface area contributed by atoms with Gasteiger partial charge in [-0.15, -0.1) is 0 Å². The summed E-state index contributed by atoms with van der Waals surface area (Å²) in [7, 11) is -2.74. The van der Waals surface area contributed by atoms with Crippen LogP contribution in [0.25, 0.3) is 11.1 Å². The highest BCUT2D eigenvalue weighted by atomic mass is 32.2. The second-order valence-corrected chi connectivity index (χ2v) is 9.95. The Balaban J connectivity index is 1.88. The molecule has 4 rings (SSSR count). The Labute approximate surface area is 204 Å². The van der Waals surface area contributed by atoms with Crippen molar-refractivity contribution >= 4 is 22.0 Å². The molecule has 1 aliphatic heterocycles. The van der Waals surface area contributed by atoms with Crippen LogP contribution in [0.2, 0.25) is 0 Å². The van der Waals surface area contributed by atoms with E-state index in [0.717, 1.165) is 11.1 Å². The number of benzene rings is 3. The summed E-state index contributed by atoms with van der Waals surface area (Å²) in [5, 5.41) is 8.19. The van der Waals surface area contributed by atoms with Gasteiger partial charge in [0.1, 0.15) is 5.25 Å². The number of carbonyl (C=O) groups excluding carboxylic acids is 1. The van der Waals surface area contributed by atoms with Gasteiger partial charge in [-0.25, -0.2) is 4.99 Å². The quantitative estimate of drug-likeness (QED) is 0.509. The molecule has 2 atom stereocenters. The van der Waals surface area contributed by atoms with Gasteiger partial charge in [0.25, 0.3) is 16.0 Å². The number of aliphatic imine (C=N–C) groups is 1. The van der Waals surface area contributed by atoms with Crippen LogP contribution in [0, 0.1) is 11.3 Å². The SMILES string of the molecule is CCC(c1ccc(C2(c3cccc(-c4cccc(C#N)c4)c3)N=C(N)N(C)C2=O)cc1)S(=O)(=O)O. The summed E-state index contributed by atoms with van der Waals surface area (Å²) >= 11 is 0. The molecule has 1 aliphatic rings. The molecule has 178 valence electrons. The van der Waals surface area contributed by atoms with Gasteiger partial charge in [0.2, 0.25) is 0 Å². The normalized spacial score (nSPS) is 18.7. The van der Waals surface area contributed by atoms with E-state index in [1.807, 2.05) is 24.3 Å². The summed E-state index contributed by atoms with van der Waals surface area (Å²) in [6.07, 6.45) is 0.194. The zero-order valence-corrected chi connectivity index (χ0v) is 20.0. The van der Waals surface area contributed by atoms with E-state index in [0.29, 0.717) is 22.3 Å². The van der Waals surface area contributed by atoms with E-state index in [9.17, 15) is 23.0 Å². The fourth-order valence-electron chi connectivity index (χ4n) is 4.43. The monoisotopic (exact) mass is 488 g/mol. The van der Waals surface area contributed by atoms with E-state index in [4.69, 9.17) is 5.73 Å². The molecule has 0 aliphatic carbocycles. The molecular formula is C26H24N4O4S. The smallest absolute Gasteiger partial charge is 0.271 e. The van der Waals surface area contributed by atoms with Crippen LogP contribution in [0.1, 0.15) is 40.8 Å². The maximum atomic E-state index is 13.6. The second kappa shape index (κ2) is 8.98. The first kappa shape index (κ1) is 24.1. The third-order valence-corrected chi connectivity index (χ3v) is 7.60. The maximum absolute atomic E-state index is 13.6. The number of amides is 1. The molecule has 1 heterocycles. The van der Waals surface area contributed by atoms with Crippen LogP contribution in [-0.2, 0) is 20.5 Å². The molecule has 3 aromatic carbocycles. The van der Waals surface area contributed by atoms with E-state index in [1.165, 1.54) is 4.90 Å². The molecule has 0 saturated heterocycles. The molecule has 0 saturated carbocycles. The van der Waals surface area contributed by atoms with E-state index >= 15 is 0 Å². The molecule has 0 spiro atoms. The van der Waals surface area contributed by atoms with Gasteiger partial charge in [-0.05, 0) is 52.4 Å². The minimum Gasteiger partial charge on any atom is -0.369 e. The summed E-state index contributed by atoms with van der Waals surface area (Å²) in [6.45, 7) is 1.67. The van der Waals surface area contributed by atoms with Crippen molar-refractivity contribution in [3.63, 3.8) is 0 Å². The molecule has 0 fully saturated rings. The number of guanidine groups is 1. The number of nitrogens with two attached hydrogens (primary N) is 1. The third-order valence-electron chi connectivity index (χ3n) is 6.28. The lowest BCUT2D eigenvalue weighted by molar-refractivity contribution is -0.129. The van der Waals surface area contributed by atoms with E-state index in [-0.39, 0.29) is 18.3 Å². The lowest BCUT2D eigenvalue weighted by Crippen LogP contribution is -2.41. The summed E-state index contributed by atoms with van der Waals surface area (Å²) in [6, 6.07) is 23.0. The minimum atomic E-state index is -4.28. The van der Waals surface area contributed by atoms with Gasteiger partial charge in [-0.1, -0.05) is 61.5 Å². The number of hydrogen-bond donors (Lipinski definition) is 2. The van der Waals surface area contributed by atoms with Crippen LogP contribution < -0.4 is 5.73 Å². The molecule has 0 aromatic heterocycles. The van der Waals surface area contributed by atoms with Crippen molar-refractivity contribution in [3.8, 4) is 17.2 Å². The Morgan fingerprint density at radius 3 is 2.23 bits per heavy atom. The summed E-state index contributed by atoms with van der Waals surface area (Å²) in [5.41, 5.74) is 8.21. The zero-order chi connectivity index (χ0) is 25.4. The fourth-order valence-corrected chi connectivity index (χ4v) is 5.36. The molecule has 35 heavy (non-hydrogen) atoms. The molecule has 2 unspecified atom stereocenters. The van der Waals surface area contributed by atoms with Crippen LogP contribution in [0.3, 0.4) is 0 Å². The predicted molar refractivity (Wildman–Crippen MR) is 133 cm³/mol. The number of likely N-dealkylation sites (N-methyl/N-ethyl adjacent to an activating group) is 1. The van der Waals surface area contributed by atoms with Crippen LogP contribution in [0.15, 0.2) is 77.8 Å². The molecule has 1 amide bonds. The number of carbonyl (C=O) groups is 1. The molecule has 8 nitrogen and oxygen atoms in total. The zero-order valence-electron chi connectivity index (χ0n) is 19.2. The van der Waals surface area contributed by atoms with Crippen molar-refractivity contribution < 1.29 is 17.8 Å². The highest BCUT2D eigenvalue weighted by Gasteiger charge is 2.49. The van der Waals surface area contributed by atoms with Gasteiger partial charge in [-0.2, -0.15) is 13.7 Å². The van der Waals surface area contributed by atoms with Crippen LogP contribution in [-0.4, -0.2) is 36.8 Å². The van der Waals surface area contributed by atoms with E-state index in [1.54, 1.807) is 62.5 Å². The highest BCUT2D eigenvalue weighted by molar-refractivity contribution is 7.86. The Hall–Kier alpha value is -4.00.